The zero-order valence-corrected chi connectivity index (χ0v) is 23.6. The van der Waals surface area contributed by atoms with Crippen molar-refractivity contribution in [3.63, 3.8) is 0 Å². The Morgan fingerprint density at radius 1 is 0.757 bits per heavy atom. The van der Waals surface area contributed by atoms with Crippen LogP contribution in [0.3, 0.4) is 0 Å². The average Bonchev–Trinajstić information content (AvgIpc) is 2.90. The zero-order valence-electron chi connectivity index (χ0n) is 22.7. The second-order valence-corrected chi connectivity index (χ2v) is 11.0. The van der Waals surface area contributed by atoms with Crippen LogP contribution in [0, 0.1) is 0 Å². The maximum Gasteiger partial charge on any atom is 0.472 e. The molecule has 0 aliphatic heterocycles. The van der Waals surface area contributed by atoms with Crippen LogP contribution in [0.2, 0.25) is 0 Å². The Morgan fingerprint density at radius 2 is 1.14 bits per heavy atom. The number of rotatable bonds is 13. The van der Waals surface area contributed by atoms with Crippen LogP contribution in [-0.2, 0) is 24.5 Å². The van der Waals surface area contributed by atoms with Crippen LogP contribution in [-0.4, -0.2) is 49.2 Å². The minimum Gasteiger partial charge on any atom is -0.372 e. The minimum atomic E-state index is -2.58. The lowest BCUT2D eigenvalue weighted by Crippen LogP contribution is -2.64. The molecule has 2 N–H and O–H groups in total. The Labute approximate surface area is 222 Å². The van der Waals surface area contributed by atoms with E-state index < -0.39 is 24.8 Å². The third-order valence-electron chi connectivity index (χ3n) is 7.12. The fourth-order valence-electron chi connectivity index (χ4n) is 5.58. The standard InChI is InChI=1S/C30H40N2O4P/c1-23(2)32(24(3)4)22-28(34-5)30(36-35-6,37(31)33)29(25-16-10-7-11-17-25,26-18-12-8-13-19-26)27-20-14-9-15-21-27/h7-21,23-24,28H,22H2,1-6H3,(H2,31,33)/q+1. The molecule has 3 atom stereocenters. The van der Waals surface area contributed by atoms with E-state index in [0.29, 0.717) is 6.54 Å². The molecule has 0 saturated heterocycles. The fourth-order valence-corrected chi connectivity index (χ4v) is 6.92. The smallest absolute Gasteiger partial charge is 0.372 e. The van der Waals surface area contributed by atoms with E-state index in [1.165, 1.54) is 7.11 Å². The lowest BCUT2D eigenvalue weighted by atomic mass is 9.63. The second kappa shape index (κ2) is 12.9. The SMILES string of the molecule is COOC(C(CN(C(C)C)C(C)C)OC)([P+](N)=O)C(c1ccccc1)(c1ccccc1)c1ccccc1. The zero-order chi connectivity index (χ0) is 27.1. The summed E-state index contributed by atoms with van der Waals surface area (Å²) >= 11 is 0. The molecule has 0 saturated carbocycles. The normalized spacial score (nSPS) is 15.1. The van der Waals surface area contributed by atoms with Crippen LogP contribution in [0.25, 0.3) is 0 Å². The maximum atomic E-state index is 14.2. The molecule has 0 bridgehead atoms. The third-order valence-corrected chi connectivity index (χ3v) is 8.47. The maximum absolute atomic E-state index is 14.2. The average molecular weight is 524 g/mol. The van der Waals surface area contributed by atoms with Crippen LogP contribution in [0.4, 0.5) is 0 Å². The molecule has 3 unspecified atom stereocenters. The molecule has 3 rings (SSSR count). The molecule has 0 spiro atoms. The summed E-state index contributed by atoms with van der Waals surface area (Å²) in [7, 11) is 0.462. The van der Waals surface area contributed by atoms with Crippen LogP contribution >= 0.6 is 7.95 Å². The molecular formula is C30H40N2O4P+. The summed E-state index contributed by atoms with van der Waals surface area (Å²) < 4.78 is 20.4. The van der Waals surface area contributed by atoms with E-state index in [4.69, 9.17) is 20.0 Å². The molecule has 0 aromatic heterocycles. The first-order valence-corrected chi connectivity index (χ1v) is 14.0. The Hall–Kier alpha value is -2.44. The van der Waals surface area contributed by atoms with Gasteiger partial charge in [-0.25, -0.2) is 4.89 Å². The summed E-state index contributed by atoms with van der Waals surface area (Å²) in [4.78, 5) is 14.0. The highest BCUT2D eigenvalue weighted by atomic mass is 31.1. The van der Waals surface area contributed by atoms with Gasteiger partial charge in [-0.05, 0) is 49.0 Å². The topological polar surface area (TPSA) is 74.0 Å². The lowest BCUT2D eigenvalue weighted by molar-refractivity contribution is -0.348. The molecule has 0 fully saturated rings. The van der Waals surface area contributed by atoms with Crippen molar-refractivity contribution in [1.82, 2.24) is 4.90 Å². The third kappa shape index (κ3) is 5.42. The molecule has 3 aromatic rings. The van der Waals surface area contributed by atoms with E-state index in [9.17, 15) is 4.57 Å². The van der Waals surface area contributed by atoms with Crippen molar-refractivity contribution in [1.29, 1.82) is 0 Å². The summed E-state index contributed by atoms with van der Waals surface area (Å²) in [6.45, 7) is 8.95. The first kappa shape index (κ1) is 29.1. The quantitative estimate of drug-likeness (QED) is 0.126. The Morgan fingerprint density at radius 3 is 1.41 bits per heavy atom. The molecule has 37 heavy (non-hydrogen) atoms. The number of nitrogens with two attached hydrogens (primary N) is 1. The summed E-state index contributed by atoms with van der Waals surface area (Å²) in [5.41, 5.74) is 7.99. The molecule has 0 aliphatic carbocycles. The van der Waals surface area contributed by atoms with Gasteiger partial charge in [0.15, 0.2) is 6.10 Å². The van der Waals surface area contributed by atoms with Crippen LogP contribution in [0.15, 0.2) is 91.0 Å². The van der Waals surface area contributed by atoms with Gasteiger partial charge >= 0.3 is 13.3 Å². The van der Waals surface area contributed by atoms with E-state index in [1.54, 1.807) is 7.11 Å². The monoisotopic (exact) mass is 523 g/mol. The van der Waals surface area contributed by atoms with Gasteiger partial charge in [-0.15, -0.1) is 5.50 Å². The van der Waals surface area contributed by atoms with Gasteiger partial charge < -0.3 is 4.74 Å². The van der Waals surface area contributed by atoms with Crippen LogP contribution in [0.5, 0.6) is 0 Å². The highest BCUT2D eigenvalue weighted by Gasteiger charge is 2.73. The van der Waals surface area contributed by atoms with Crippen molar-refractivity contribution in [2.75, 3.05) is 20.8 Å². The summed E-state index contributed by atoms with van der Waals surface area (Å²) in [5.74, 6) is 0. The van der Waals surface area contributed by atoms with Crippen molar-refractivity contribution < 1.29 is 19.1 Å². The lowest BCUT2D eigenvalue weighted by Gasteiger charge is -2.47. The van der Waals surface area contributed by atoms with E-state index >= 15 is 0 Å². The molecular weight excluding hydrogens is 483 g/mol. The highest BCUT2D eigenvalue weighted by molar-refractivity contribution is 7.43. The van der Waals surface area contributed by atoms with Crippen molar-refractivity contribution in [3.8, 4) is 0 Å². The van der Waals surface area contributed by atoms with Crippen molar-refractivity contribution in [2.24, 2.45) is 5.50 Å². The molecule has 198 valence electrons. The largest absolute Gasteiger partial charge is 0.472 e. The van der Waals surface area contributed by atoms with Gasteiger partial charge in [-0.1, -0.05) is 91.0 Å². The fraction of sp³-hybridized carbons (Fsp3) is 0.400. The molecule has 0 radical (unpaired) electrons. The predicted octanol–water partition coefficient (Wildman–Crippen LogP) is 6.13. The van der Waals surface area contributed by atoms with Gasteiger partial charge in [0, 0.05) is 25.7 Å². The summed E-state index contributed by atoms with van der Waals surface area (Å²) in [5, 5.41) is -1.65. The Bertz CT molecular complexity index is 1010. The molecule has 0 amide bonds. The van der Waals surface area contributed by atoms with Gasteiger partial charge in [0.05, 0.1) is 7.11 Å². The van der Waals surface area contributed by atoms with E-state index in [-0.39, 0.29) is 12.1 Å². The molecule has 0 aliphatic rings. The predicted molar refractivity (Wildman–Crippen MR) is 150 cm³/mol. The van der Waals surface area contributed by atoms with Gasteiger partial charge in [-0.2, -0.15) is 4.89 Å². The minimum absolute atomic E-state index is 0.202. The van der Waals surface area contributed by atoms with Crippen LogP contribution in [0.1, 0.15) is 44.4 Å². The number of nitrogens with zero attached hydrogens (tertiary/aromatic N) is 1. The highest BCUT2D eigenvalue weighted by Crippen LogP contribution is 2.59. The second-order valence-electron chi connectivity index (χ2n) is 9.73. The number of hydrogen-bond acceptors (Lipinski definition) is 5. The van der Waals surface area contributed by atoms with Gasteiger partial charge in [0.2, 0.25) is 0 Å². The number of methoxy groups -OCH3 is 1. The first-order chi connectivity index (χ1) is 17.8. The van der Waals surface area contributed by atoms with Crippen molar-refractivity contribution >= 4 is 7.95 Å². The Kier molecular flexibility index (Phi) is 10.1. The van der Waals surface area contributed by atoms with Gasteiger partial charge in [0.1, 0.15) is 5.41 Å². The summed E-state index contributed by atoms with van der Waals surface area (Å²) in [6, 6.07) is 30.2. The molecule has 0 heterocycles. The Balaban J connectivity index is 2.53. The molecule has 3 aromatic carbocycles. The number of ether oxygens (including phenoxy) is 1. The van der Waals surface area contributed by atoms with Gasteiger partial charge in [-0.3, -0.25) is 4.90 Å². The number of benzene rings is 3. The van der Waals surface area contributed by atoms with Gasteiger partial charge in [0.25, 0.3) is 0 Å². The summed E-state index contributed by atoms with van der Waals surface area (Å²) in [6.07, 6.45) is -0.744. The first-order valence-electron chi connectivity index (χ1n) is 12.7. The van der Waals surface area contributed by atoms with E-state index in [1.807, 2.05) is 91.0 Å². The van der Waals surface area contributed by atoms with Crippen molar-refractivity contribution in [3.05, 3.63) is 108 Å². The van der Waals surface area contributed by atoms with Crippen molar-refractivity contribution in [2.45, 2.75) is 56.6 Å². The number of hydrogen-bond donors (Lipinski definition) is 1. The molecule has 7 heteroatoms. The van der Waals surface area contributed by atoms with E-state index in [0.717, 1.165) is 16.7 Å². The molecule has 6 nitrogen and oxygen atoms in total. The van der Waals surface area contributed by atoms with E-state index in [2.05, 4.69) is 32.6 Å². The van der Waals surface area contributed by atoms with Crippen LogP contribution < -0.4 is 5.50 Å².